The molecule has 4 nitrogen and oxygen atoms in total. The van der Waals surface area contributed by atoms with Gasteiger partial charge in [0.05, 0.1) is 0 Å². The van der Waals surface area contributed by atoms with E-state index in [9.17, 15) is 4.79 Å². The van der Waals surface area contributed by atoms with E-state index >= 15 is 0 Å². The van der Waals surface area contributed by atoms with Gasteiger partial charge in [-0.05, 0) is 69.6 Å². The maximum atomic E-state index is 11.7. The minimum Gasteiger partial charge on any atom is -0.484 e. The van der Waals surface area contributed by atoms with Crippen LogP contribution in [-0.2, 0) is 4.79 Å². The van der Waals surface area contributed by atoms with Gasteiger partial charge in [-0.15, -0.1) is 0 Å². The second-order valence-electron chi connectivity index (χ2n) is 5.81. The lowest BCUT2D eigenvalue weighted by molar-refractivity contribution is -0.123. The molecule has 0 spiro atoms. The summed E-state index contributed by atoms with van der Waals surface area (Å²) < 4.78 is 5.47. The fraction of sp³-hybridized carbons (Fsp3) is 0.588. The van der Waals surface area contributed by atoms with Crippen molar-refractivity contribution in [3.05, 3.63) is 28.8 Å². The Kier molecular flexibility index (Phi) is 7.00. The first kappa shape index (κ1) is 17.1. The third kappa shape index (κ3) is 5.85. The molecule has 1 saturated heterocycles. The van der Waals surface area contributed by atoms with Gasteiger partial charge in [0.2, 0.25) is 0 Å². The summed E-state index contributed by atoms with van der Waals surface area (Å²) in [6, 6.07) is 5.40. The standard InChI is InChI=1S/C17H25ClN2O2/c1-14-12-15(6-7-16(14)18)22-13-17(21)19-8-5-11-20-9-3-2-4-10-20/h6-7,12H,2-5,8-11,13H2,1H3,(H,19,21). The molecule has 5 heteroatoms. The van der Waals surface area contributed by atoms with Crippen molar-refractivity contribution in [1.29, 1.82) is 0 Å². The molecule has 0 aromatic heterocycles. The number of nitrogens with one attached hydrogen (secondary N) is 1. The smallest absolute Gasteiger partial charge is 0.257 e. The van der Waals surface area contributed by atoms with Crippen LogP contribution in [0.2, 0.25) is 5.02 Å². The Balaban J connectivity index is 1.58. The highest BCUT2D eigenvalue weighted by Crippen LogP contribution is 2.20. The monoisotopic (exact) mass is 324 g/mol. The van der Waals surface area contributed by atoms with Crippen molar-refractivity contribution < 1.29 is 9.53 Å². The first-order valence-electron chi connectivity index (χ1n) is 8.03. The summed E-state index contributed by atoms with van der Waals surface area (Å²) in [5.41, 5.74) is 0.945. The lowest BCUT2D eigenvalue weighted by atomic mass is 10.1. The first-order chi connectivity index (χ1) is 10.6. The molecule has 1 N–H and O–H groups in total. The van der Waals surface area contributed by atoms with Crippen molar-refractivity contribution in [3.63, 3.8) is 0 Å². The van der Waals surface area contributed by atoms with Crippen molar-refractivity contribution in [2.45, 2.75) is 32.6 Å². The molecule has 0 bridgehead atoms. The highest BCUT2D eigenvalue weighted by Gasteiger charge is 2.09. The van der Waals surface area contributed by atoms with E-state index in [4.69, 9.17) is 16.3 Å². The van der Waals surface area contributed by atoms with E-state index in [0.717, 1.165) is 18.5 Å². The summed E-state index contributed by atoms with van der Waals surface area (Å²) >= 11 is 5.95. The Hall–Kier alpha value is -1.26. The van der Waals surface area contributed by atoms with E-state index in [-0.39, 0.29) is 12.5 Å². The fourth-order valence-electron chi connectivity index (χ4n) is 2.62. The minimum atomic E-state index is -0.0775. The van der Waals surface area contributed by atoms with Crippen LogP contribution in [0.3, 0.4) is 0 Å². The molecular weight excluding hydrogens is 300 g/mol. The van der Waals surface area contributed by atoms with E-state index < -0.39 is 0 Å². The van der Waals surface area contributed by atoms with Crippen molar-refractivity contribution in [3.8, 4) is 5.75 Å². The van der Waals surface area contributed by atoms with Crippen molar-refractivity contribution in [1.82, 2.24) is 10.2 Å². The van der Waals surface area contributed by atoms with Gasteiger partial charge < -0.3 is 15.0 Å². The van der Waals surface area contributed by atoms with E-state index in [0.29, 0.717) is 17.3 Å². The number of benzene rings is 1. The molecule has 1 aliphatic heterocycles. The summed E-state index contributed by atoms with van der Waals surface area (Å²) in [4.78, 5) is 14.2. The average molecular weight is 325 g/mol. The zero-order chi connectivity index (χ0) is 15.8. The molecule has 1 aromatic carbocycles. The van der Waals surface area contributed by atoms with Gasteiger partial charge in [0.25, 0.3) is 5.91 Å². The largest absolute Gasteiger partial charge is 0.484 e. The normalized spacial score (nSPS) is 15.5. The third-order valence-corrected chi connectivity index (χ3v) is 4.35. The number of amides is 1. The summed E-state index contributed by atoms with van der Waals surface area (Å²) in [6.07, 6.45) is 4.96. The maximum Gasteiger partial charge on any atom is 0.257 e. The number of carbonyl (C=O) groups excluding carboxylic acids is 1. The molecule has 22 heavy (non-hydrogen) atoms. The summed E-state index contributed by atoms with van der Waals surface area (Å²) in [5, 5.41) is 3.61. The van der Waals surface area contributed by atoms with Crippen molar-refractivity contribution in [2.24, 2.45) is 0 Å². The second kappa shape index (κ2) is 9.01. The number of piperidine rings is 1. The molecule has 1 aliphatic rings. The molecule has 0 unspecified atom stereocenters. The minimum absolute atomic E-state index is 0.0464. The molecule has 1 amide bonds. The molecule has 122 valence electrons. The molecule has 0 atom stereocenters. The van der Waals surface area contributed by atoms with Crippen LogP contribution in [0.4, 0.5) is 0 Å². The molecule has 0 saturated carbocycles. The van der Waals surface area contributed by atoms with Crippen LogP contribution in [0.1, 0.15) is 31.2 Å². The van der Waals surface area contributed by atoms with Gasteiger partial charge >= 0.3 is 0 Å². The lowest BCUT2D eigenvalue weighted by Gasteiger charge is -2.26. The summed E-state index contributed by atoms with van der Waals surface area (Å²) in [6.45, 7) is 6.14. The van der Waals surface area contributed by atoms with Crippen molar-refractivity contribution >= 4 is 17.5 Å². The van der Waals surface area contributed by atoms with Gasteiger partial charge in [-0.1, -0.05) is 18.0 Å². The van der Waals surface area contributed by atoms with Gasteiger partial charge in [-0.2, -0.15) is 0 Å². The number of ether oxygens (including phenoxy) is 1. The number of nitrogens with zero attached hydrogens (tertiary/aromatic N) is 1. The van der Waals surface area contributed by atoms with Gasteiger partial charge in [-0.3, -0.25) is 4.79 Å². The van der Waals surface area contributed by atoms with Gasteiger partial charge in [-0.25, -0.2) is 0 Å². The molecular formula is C17H25ClN2O2. The lowest BCUT2D eigenvalue weighted by Crippen LogP contribution is -2.34. The molecule has 1 aromatic rings. The van der Waals surface area contributed by atoms with E-state index in [1.165, 1.54) is 32.4 Å². The van der Waals surface area contributed by atoms with Crippen LogP contribution in [0, 0.1) is 6.92 Å². The zero-order valence-electron chi connectivity index (χ0n) is 13.2. The third-order valence-electron chi connectivity index (χ3n) is 3.92. The number of hydrogen-bond acceptors (Lipinski definition) is 3. The zero-order valence-corrected chi connectivity index (χ0v) is 14.0. The number of halogens is 1. The summed E-state index contributed by atoms with van der Waals surface area (Å²) in [5.74, 6) is 0.594. The van der Waals surface area contributed by atoms with Crippen LogP contribution in [0.25, 0.3) is 0 Å². The topological polar surface area (TPSA) is 41.6 Å². The highest BCUT2D eigenvalue weighted by atomic mass is 35.5. The number of likely N-dealkylation sites (tertiary alicyclic amines) is 1. The Bertz CT molecular complexity index is 488. The molecule has 1 heterocycles. The quantitative estimate of drug-likeness (QED) is 0.784. The van der Waals surface area contributed by atoms with E-state index in [1.54, 1.807) is 12.1 Å². The van der Waals surface area contributed by atoms with Crippen LogP contribution in [0.5, 0.6) is 5.75 Å². The van der Waals surface area contributed by atoms with Crippen molar-refractivity contribution in [2.75, 3.05) is 32.8 Å². The molecule has 0 aliphatic carbocycles. The Morgan fingerprint density at radius 1 is 1.32 bits per heavy atom. The summed E-state index contributed by atoms with van der Waals surface area (Å²) in [7, 11) is 0. The second-order valence-corrected chi connectivity index (χ2v) is 6.21. The van der Waals surface area contributed by atoms with Gasteiger partial charge in [0.15, 0.2) is 6.61 Å². The van der Waals surface area contributed by atoms with Crippen LogP contribution < -0.4 is 10.1 Å². The Morgan fingerprint density at radius 2 is 2.09 bits per heavy atom. The van der Waals surface area contributed by atoms with Gasteiger partial charge in [0, 0.05) is 11.6 Å². The Morgan fingerprint density at radius 3 is 2.82 bits per heavy atom. The van der Waals surface area contributed by atoms with Crippen LogP contribution in [-0.4, -0.2) is 43.6 Å². The Labute approximate surface area is 137 Å². The maximum absolute atomic E-state index is 11.7. The first-order valence-corrected chi connectivity index (χ1v) is 8.41. The average Bonchev–Trinajstić information content (AvgIpc) is 2.54. The number of hydrogen-bond donors (Lipinski definition) is 1. The highest BCUT2D eigenvalue weighted by molar-refractivity contribution is 6.31. The molecule has 1 fully saturated rings. The van der Waals surface area contributed by atoms with Crippen LogP contribution in [0.15, 0.2) is 18.2 Å². The SMILES string of the molecule is Cc1cc(OCC(=O)NCCCN2CCCCC2)ccc1Cl. The number of aryl methyl sites for hydroxylation is 1. The fourth-order valence-corrected chi connectivity index (χ4v) is 2.74. The van der Waals surface area contributed by atoms with E-state index in [2.05, 4.69) is 10.2 Å². The van der Waals surface area contributed by atoms with E-state index in [1.807, 2.05) is 13.0 Å². The molecule has 0 radical (unpaired) electrons. The molecule has 2 rings (SSSR count). The van der Waals surface area contributed by atoms with Crippen LogP contribution >= 0.6 is 11.6 Å². The number of rotatable bonds is 7. The predicted octanol–water partition coefficient (Wildman–Crippen LogP) is 3.02. The van der Waals surface area contributed by atoms with Gasteiger partial charge in [0.1, 0.15) is 5.75 Å². The predicted molar refractivity (Wildman–Crippen MR) is 89.6 cm³/mol. The number of carbonyl (C=O) groups is 1.